The van der Waals surface area contributed by atoms with Gasteiger partial charge in [0.2, 0.25) is 11.8 Å². The number of amides is 2. The van der Waals surface area contributed by atoms with Crippen LogP contribution < -0.4 is 5.32 Å². The Morgan fingerprint density at radius 1 is 1.56 bits per heavy atom. The maximum Gasteiger partial charge on any atom is 0.246 e. The van der Waals surface area contributed by atoms with E-state index in [2.05, 4.69) is 10.3 Å². The van der Waals surface area contributed by atoms with E-state index in [-0.39, 0.29) is 17.9 Å². The SMILES string of the molecule is CN1C(=O)CCC(NCc2cc[nH]c2)C1=O. The zero-order chi connectivity index (χ0) is 11.5. The second-order valence-electron chi connectivity index (χ2n) is 3.98. The van der Waals surface area contributed by atoms with Gasteiger partial charge in [0.05, 0.1) is 6.04 Å². The molecule has 86 valence electrons. The van der Waals surface area contributed by atoms with Gasteiger partial charge in [-0.3, -0.25) is 14.5 Å². The van der Waals surface area contributed by atoms with E-state index in [1.54, 1.807) is 0 Å². The molecule has 1 unspecified atom stereocenters. The average molecular weight is 221 g/mol. The Balaban J connectivity index is 1.91. The van der Waals surface area contributed by atoms with Gasteiger partial charge in [0.25, 0.3) is 0 Å². The molecule has 0 radical (unpaired) electrons. The fourth-order valence-corrected chi connectivity index (χ4v) is 1.81. The minimum atomic E-state index is -0.238. The van der Waals surface area contributed by atoms with Gasteiger partial charge < -0.3 is 10.3 Å². The van der Waals surface area contributed by atoms with Crippen LogP contribution in [0.15, 0.2) is 18.5 Å². The minimum Gasteiger partial charge on any atom is -0.367 e. The smallest absolute Gasteiger partial charge is 0.246 e. The van der Waals surface area contributed by atoms with Gasteiger partial charge in [-0.05, 0) is 18.1 Å². The van der Waals surface area contributed by atoms with E-state index in [9.17, 15) is 9.59 Å². The first kappa shape index (κ1) is 10.9. The fourth-order valence-electron chi connectivity index (χ4n) is 1.81. The molecule has 1 aromatic rings. The molecule has 0 bridgehead atoms. The van der Waals surface area contributed by atoms with E-state index >= 15 is 0 Å². The average Bonchev–Trinajstić information content (AvgIpc) is 2.78. The third kappa shape index (κ3) is 2.14. The zero-order valence-corrected chi connectivity index (χ0v) is 9.19. The number of likely N-dealkylation sites (N-methyl/N-ethyl adjacent to an activating group) is 1. The number of aromatic nitrogens is 1. The first-order valence-electron chi connectivity index (χ1n) is 5.34. The molecule has 2 heterocycles. The molecule has 16 heavy (non-hydrogen) atoms. The molecule has 0 aliphatic carbocycles. The largest absolute Gasteiger partial charge is 0.367 e. The number of H-pyrrole nitrogens is 1. The Bertz CT molecular complexity index is 386. The number of aromatic amines is 1. The van der Waals surface area contributed by atoms with E-state index < -0.39 is 0 Å². The summed E-state index contributed by atoms with van der Waals surface area (Å²) in [7, 11) is 1.54. The highest BCUT2D eigenvalue weighted by Gasteiger charge is 2.31. The van der Waals surface area contributed by atoms with E-state index in [0.29, 0.717) is 19.4 Å². The number of nitrogens with zero attached hydrogens (tertiary/aromatic N) is 1. The molecule has 1 aliphatic rings. The van der Waals surface area contributed by atoms with Crippen molar-refractivity contribution in [2.45, 2.75) is 25.4 Å². The molecule has 1 aliphatic heterocycles. The molecule has 0 saturated carbocycles. The van der Waals surface area contributed by atoms with Gasteiger partial charge in [-0.2, -0.15) is 0 Å². The third-order valence-corrected chi connectivity index (χ3v) is 2.86. The topological polar surface area (TPSA) is 65.2 Å². The molecule has 0 spiro atoms. The highest BCUT2D eigenvalue weighted by atomic mass is 16.2. The predicted molar refractivity (Wildman–Crippen MR) is 58.4 cm³/mol. The number of likely N-dealkylation sites (tertiary alicyclic amines) is 1. The quantitative estimate of drug-likeness (QED) is 0.719. The standard InChI is InChI=1S/C11H15N3O2/c1-14-10(15)3-2-9(11(14)16)13-7-8-4-5-12-6-8/h4-6,9,12-13H,2-3,7H2,1H3. The number of carbonyl (C=O) groups is 2. The number of rotatable bonds is 3. The summed E-state index contributed by atoms with van der Waals surface area (Å²) in [6, 6.07) is 1.72. The van der Waals surface area contributed by atoms with Crippen molar-refractivity contribution < 1.29 is 9.59 Å². The summed E-state index contributed by atoms with van der Waals surface area (Å²) >= 11 is 0. The second kappa shape index (κ2) is 4.49. The van der Waals surface area contributed by atoms with Crippen LogP contribution in [-0.2, 0) is 16.1 Å². The lowest BCUT2D eigenvalue weighted by molar-refractivity contribution is -0.148. The molecular formula is C11H15N3O2. The van der Waals surface area contributed by atoms with Gasteiger partial charge in [-0.15, -0.1) is 0 Å². The number of nitrogens with one attached hydrogen (secondary N) is 2. The Labute approximate surface area is 93.8 Å². The van der Waals surface area contributed by atoms with Crippen molar-refractivity contribution >= 4 is 11.8 Å². The second-order valence-corrected chi connectivity index (χ2v) is 3.98. The molecule has 2 rings (SSSR count). The van der Waals surface area contributed by atoms with Crippen LogP contribution in [0.4, 0.5) is 0 Å². The van der Waals surface area contributed by atoms with Crippen molar-refractivity contribution in [2.24, 2.45) is 0 Å². The summed E-state index contributed by atoms with van der Waals surface area (Å²) in [6.45, 7) is 0.641. The summed E-state index contributed by atoms with van der Waals surface area (Å²) in [6.07, 6.45) is 4.75. The summed E-state index contributed by atoms with van der Waals surface area (Å²) in [4.78, 5) is 27.1. The minimum absolute atomic E-state index is 0.0929. The van der Waals surface area contributed by atoms with Crippen LogP contribution in [0.2, 0.25) is 0 Å². The van der Waals surface area contributed by atoms with Gasteiger partial charge in [0.1, 0.15) is 0 Å². The molecule has 0 aromatic carbocycles. The van der Waals surface area contributed by atoms with Crippen molar-refractivity contribution in [2.75, 3.05) is 7.05 Å². The molecule has 5 heteroatoms. The van der Waals surface area contributed by atoms with Crippen molar-refractivity contribution in [1.82, 2.24) is 15.2 Å². The van der Waals surface area contributed by atoms with Gasteiger partial charge in [0.15, 0.2) is 0 Å². The van der Waals surface area contributed by atoms with Crippen molar-refractivity contribution in [3.05, 3.63) is 24.0 Å². The number of imide groups is 1. The van der Waals surface area contributed by atoms with Gasteiger partial charge in [0, 0.05) is 32.4 Å². The Kier molecular flexibility index (Phi) is 3.05. The number of hydrogen-bond acceptors (Lipinski definition) is 3. The predicted octanol–water partition coefficient (Wildman–Crippen LogP) is 0.252. The van der Waals surface area contributed by atoms with Crippen LogP contribution in [0.1, 0.15) is 18.4 Å². The summed E-state index contributed by atoms with van der Waals surface area (Å²) in [5.41, 5.74) is 1.10. The fraction of sp³-hybridized carbons (Fsp3) is 0.455. The molecule has 2 amide bonds. The number of piperidine rings is 1. The lowest BCUT2D eigenvalue weighted by atomic mass is 10.0. The number of carbonyl (C=O) groups excluding carboxylic acids is 2. The van der Waals surface area contributed by atoms with E-state index in [0.717, 1.165) is 5.56 Å². The lowest BCUT2D eigenvalue weighted by Gasteiger charge is -2.28. The highest BCUT2D eigenvalue weighted by Crippen LogP contribution is 2.12. The van der Waals surface area contributed by atoms with Crippen LogP contribution >= 0.6 is 0 Å². The van der Waals surface area contributed by atoms with E-state index in [1.807, 2.05) is 18.5 Å². The molecule has 1 atom stereocenters. The summed E-state index contributed by atoms with van der Waals surface area (Å²) in [5.74, 6) is -0.225. The molecule has 1 aromatic heterocycles. The molecule has 5 nitrogen and oxygen atoms in total. The first-order chi connectivity index (χ1) is 7.68. The van der Waals surface area contributed by atoms with E-state index in [4.69, 9.17) is 0 Å². The zero-order valence-electron chi connectivity index (χ0n) is 9.19. The monoisotopic (exact) mass is 221 g/mol. The van der Waals surface area contributed by atoms with E-state index in [1.165, 1.54) is 11.9 Å². The van der Waals surface area contributed by atoms with Crippen LogP contribution in [0.25, 0.3) is 0 Å². The van der Waals surface area contributed by atoms with Crippen molar-refractivity contribution in [3.8, 4) is 0 Å². The van der Waals surface area contributed by atoms with Gasteiger partial charge in [-0.25, -0.2) is 0 Å². The van der Waals surface area contributed by atoms with Gasteiger partial charge in [-0.1, -0.05) is 0 Å². The van der Waals surface area contributed by atoms with Crippen molar-refractivity contribution in [3.63, 3.8) is 0 Å². The normalized spacial score (nSPS) is 21.6. The summed E-state index contributed by atoms with van der Waals surface area (Å²) < 4.78 is 0. The first-order valence-corrected chi connectivity index (χ1v) is 5.34. The van der Waals surface area contributed by atoms with Crippen LogP contribution in [0, 0.1) is 0 Å². The van der Waals surface area contributed by atoms with Crippen LogP contribution in [0.3, 0.4) is 0 Å². The lowest BCUT2D eigenvalue weighted by Crippen LogP contribution is -2.51. The molecule has 1 saturated heterocycles. The highest BCUT2D eigenvalue weighted by molar-refractivity contribution is 6.00. The molecule has 1 fully saturated rings. The Morgan fingerprint density at radius 2 is 2.38 bits per heavy atom. The maximum atomic E-state index is 11.7. The molecule has 2 N–H and O–H groups in total. The molecular weight excluding hydrogens is 206 g/mol. The van der Waals surface area contributed by atoms with Gasteiger partial charge >= 0.3 is 0 Å². The Morgan fingerprint density at radius 3 is 3.06 bits per heavy atom. The summed E-state index contributed by atoms with van der Waals surface area (Å²) in [5, 5.41) is 3.16. The Hall–Kier alpha value is -1.62. The van der Waals surface area contributed by atoms with Crippen LogP contribution in [-0.4, -0.2) is 34.8 Å². The third-order valence-electron chi connectivity index (χ3n) is 2.86. The van der Waals surface area contributed by atoms with Crippen LogP contribution in [0.5, 0.6) is 0 Å². The maximum absolute atomic E-state index is 11.7. The van der Waals surface area contributed by atoms with Crippen molar-refractivity contribution in [1.29, 1.82) is 0 Å². The number of hydrogen-bond donors (Lipinski definition) is 2.